The fourth-order valence-electron chi connectivity index (χ4n) is 2.74. The number of hydrogen-bond acceptors (Lipinski definition) is 1. The molecule has 0 heterocycles. The first-order chi connectivity index (χ1) is 9.06. The summed E-state index contributed by atoms with van der Waals surface area (Å²) in [6, 6.07) is 5.84. The van der Waals surface area contributed by atoms with E-state index in [-0.39, 0.29) is 11.3 Å². The Hall–Kier alpha value is -1.02. The highest BCUT2D eigenvalue weighted by Gasteiger charge is 2.33. The second-order valence-electron chi connectivity index (χ2n) is 5.82. The SMILES string of the molecule is Cc1ccc(C(=O)NCC2(CCl)CCCC2)cc1C. The van der Waals surface area contributed by atoms with Crippen molar-refractivity contribution < 1.29 is 4.79 Å². The van der Waals surface area contributed by atoms with Gasteiger partial charge in [0.2, 0.25) is 0 Å². The maximum Gasteiger partial charge on any atom is 0.251 e. The Kier molecular flexibility index (Phi) is 4.51. The molecule has 3 heteroatoms. The van der Waals surface area contributed by atoms with Gasteiger partial charge in [0.05, 0.1) is 0 Å². The van der Waals surface area contributed by atoms with Crippen molar-refractivity contribution in [2.24, 2.45) is 5.41 Å². The van der Waals surface area contributed by atoms with E-state index in [4.69, 9.17) is 11.6 Å². The molecule has 0 saturated heterocycles. The molecule has 1 amide bonds. The lowest BCUT2D eigenvalue weighted by atomic mass is 9.88. The van der Waals surface area contributed by atoms with Crippen molar-refractivity contribution >= 4 is 17.5 Å². The molecule has 0 radical (unpaired) electrons. The molecule has 1 saturated carbocycles. The van der Waals surface area contributed by atoms with Gasteiger partial charge in [0.15, 0.2) is 0 Å². The predicted octanol–water partition coefficient (Wildman–Crippen LogP) is 3.83. The average molecular weight is 280 g/mol. The summed E-state index contributed by atoms with van der Waals surface area (Å²) in [5.41, 5.74) is 3.23. The third kappa shape index (κ3) is 3.30. The van der Waals surface area contributed by atoms with Crippen molar-refractivity contribution in [2.75, 3.05) is 12.4 Å². The van der Waals surface area contributed by atoms with Gasteiger partial charge in [-0.05, 0) is 49.9 Å². The Morgan fingerprint density at radius 1 is 1.26 bits per heavy atom. The topological polar surface area (TPSA) is 29.1 Å². The van der Waals surface area contributed by atoms with Crippen LogP contribution in [0.2, 0.25) is 0 Å². The van der Waals surface area contributed by atoms with E-state index in [2.05, 4.69) is 12.2 Å². The zero-order valence-electron chi connectivity index (χ0n) is 11.8. The molecular formula is C16H22ClNO. The standard InChI is InChI=1S/C16H22ClNO/c1-12-5-6-14(9-13(12)2)15(19)18-11-16(10-17)7-3-4-8-16/h5-6,9H,3-4,7-8,10-11H2,1-2H3,(H,18,19). The quantitative estimate of drug-likeness (QED) is 0.834. The molecule has 2 nitrogen and oxygen atoms in total. The summed E-state index contributed by atoms with van der Waals surface area (Å²) in [5.74, 6) is 0.653. The molecule has 1 aromatic rings. The molecule has 19 heavy (non-hydrogen) atoms. The highest BCUT2D eigenvalue weighted by Crippen LogP contribution is 2.38. The second kappa shape index (κ2) is 5.96. The number of aryl methyl sites for hydroxylation is 2. The normalized spacial score (nSPS) is 17.4. The van der Waals surface area contributed by atoms with Crippen LogP contribution in [0.1, 0.15) is 47.2 Å². The van der Waals surface area contributed by atoms with Crippen molar-refractivity contribution in [3.8, 4) is 0 Å². The summed E-state index contributed by atoms with van der Waals surface area (Å²) in [7, 11) is 0. The van der Waals surface area contributed by atoms with Crippen molar-refractivity contribution in [3.05, 3.63) is 34.9 Å². The van der Waals surface area contributed by atoms with Gasteiger partial charge in [-0.1, -0.05) is 18.9 Å². The fourth-order valence-corrected chi connectivity index (χ4v) is 3.10. The van der Waals surface area contributed by atoms with Crippen LogP contribution in [-0.2, 0) is 0 Å². The summed E-state index contributed by atoms with van der Waals surface area (Å²) < 4.78 is 0. The Morgan fingerprint density at radius 3 is 2.53 bits per heavy atom. The predicted molar refractivity (Wildman–Crippen MR) is 79.9 cm³/mol. The molecule has 0 aliphatic heterocycles. The molecule has 0 aromatic heterocycles. The van der Waals surface area contributed by atoms with Gasteiger partial charge in [0, 0.05) is 23.4 Å². The number of benzene rings is 1. The van der Waals surface area contributed by atoms with Crippen LogP contribution in [0.5, 0.6) is 0 Å². The van der Waals surface area contributed by atoms with Crippen LogP contribution in [0.15, 0.2) is 18.2 Å². The third-order valence-electron chi connectivity index (χ3n) is 4.34. The number of hydrogen-bond donors (Lipinski definition) is 1. The molecule has 0 spiro atoms. The number of carbonyl (C=O) groups is 1. The third-order valence-corrected chi connectivity index (χ3v) is 4.91. The summed E-state index contributed by atoms with van der Waals surface area (Å²) >= 11 is 6.09. The summed E-state index contributed by atoms with van der Waals surface area (Å²) in [6.45, 7) is 4.78. The first-order valence-corrected chi connectivity index (χ1v) is 7.51. The summed E-state index contributed by atoms with van der Waals surface area (Å²) in [6.07, 6.45) is 4.71. The average Bonchev–Trinajstić information content (AvgIpc) is 2.89. The van der Waals surface area contributed by atoms with Crippen molar-refractivity contribution in [1.29, 1.82) is 0 Å². The molecule has 2 rings (SSSR count). The largest absolute Gasteiger partial charge is 0.351 e. The lowest BCUT2D eigenvalue weighted by Gasteiger charge is -2.26. The molecule has 0 atom stereocenters. The molecule has 0 bridgehead atoms. The second-order valence-corrected chi connectivity index (χ2v) is 6.09. The Morgan fingerprint density at radius 2 is 1.95 bits per heavy atom. The monoisotopic (exact) mass is 279 g/mol. The van der Waals surface area contributed by atoms with E-state index in [1.54, 1.807) is 0 Å². The molecular weight excluding hydrogens is 258 g/mol. The minimum absolute atomic E-state index is 0.0134. The first kappa shape index (κ1) is 14.4. The van der Waals surface area contributed by atoms with Crippen LogP contribution >= 0.6 is 11.6 Å². The van der Waals surface area contributed by atoms with Gasteiger partial charge in [-0.15, -0.1) is 11.6 Å². The molecule has 104 valence electrons. The van der Waals surface area contributed by atoms with Crippen LogP contribution in [0.4, 0.5) is 0 Å². The minimum atomic E-state index is 0.0134. The summed E-state index contributed by atoms with van der Waals surface area (Å²) in [4.78, 5) is 12.2. The minimum Gasteiger partial charge on any atom is -0.351 e. The molecule has 1 N–H and O–H groups in total. The van der Waals surface area contributed by atoms with Gasteiger partial charge in [-0.25, -0.2) is 0 Å². The molecule has 0 unspecified atom stereocenters. The number of halogens is 1. The van der Waals surface area contributed by atoms with Crippen LogP contribution in [0, 0.1) is 19.3 Å². The van der Waals surface area contributed by atoms with E-state index >= 15 is 0 Å². The van der Waals surface area contributed by atoms with E-state index in [9.17, 15) is 4.79 Å². The zero-order chi connectivity index (χ0) is 13.9. The van der Waals surface area contributed by atoms with Gasteiger partial charge >= 0.3 is 0 Å². The maximum absolute atomic E-state index is 12.2. The number of rotatable bonds is 4. The lowest BCUT2D eigenvalue weighted by molar-refractivity contribution is 0.0935. The Labute approximate surface area is 120 Å². The van der Waals surface area contributed by atoms with Crippen molar-refractivity contribution in [3.63, 3.8) is 0 Å². The van der Waals surface area contributed by atoms with Gasteiger partial charge in [-0.2, -0.15) is 0 Å². The fraction of sp³-hybridized carbons (Fsp3) is 0.562. The van der Waals surface area contributed by atoms with Gasteiger partial charge in [-0.3, -0.25) is 4.79 Å². The van der Waals surface area contributed by atoms with Crippen LogP contribution in [0.3, 0.4) is 0 Å². The summed E-state index contributed by atoms with van der Waals surface area (Å²) in [5, 5.41) is 3.06. The van der Waals surface area contributed by atoms with E-state index in [0.717, 1.165) is 24.0 Å². The number of carbonyl (C=O) groups excluding carboxylic acids is 1. The Bertz CT molecular complexity index is 464. The molecule has 1 aliphatic rings. The van der Waals surface area contributed by atoms with E-state index in [0.29, 0.717) is 12.4 Å². The lowest BCUT2D eigenvalue weighted by Crippen LogP contribution is -2.37. The van der Waals surface area contributed by atoms with Crippen molar-refractivity contribution in [1.82, 2.24) is 5.32 Å². The number of nitrogens with one attached hydrogen (secondary N) is 1. The van der Waals surface area contributed by atoms with Crippen LogP contribution < -0.4 is 5.32 Å². The maximum atomic E-state index is 12.2. The van der Waals surface area contributed by atoms with Gasteiger partial charge in [0.25, 0.3) is 5.91 Å². The number of amides is 1. The van der Waals surface area contributed by atoms with Crippen LogP contribution in [0.25, 0.3) is 0 Å². The number of alkyl halides is 1. The van der Waals surface area contributed by atoms with Gasteiger partial charge in [0.1, 0.15) is 0 Å². The molecule has 1 fully saturated rings. The molecule has 1 aliphatic carbocycles. The highest BCUT2D eigenvalue weighted by molar-refractivity contribution is 6.18. The van der Waals surface area contributed by atoms with Crippen molar-refractivity contribution in [2.45, 2.75) is 39.5 Å². The highest BCUT2D eigenvalue weighted by atomic mass is 35.5. The van der Waals surface area contributed by atoms with Crippen LogP contribution in [-0.4, -0.2) is 18.3 Å². The van der Waals surface area contributed by atoms with E-state index in [1.165, 1.54) is 18.4 Å². The first-order valence-electron chi connectivity index (χ1n) is 6.98. The van der Waals surface area contributed by atoms with Gasteiger partial charge < -0.3 is 5.32 Å². The smallest absolute Gasteiger partial charge is 0.251 e. The van der Waals surface area contributed by atoms with E-state index < -0.39 is 0 Å². The molecule has 1 aromatic carbocycles. The van der Waals surface area contributed by atoms with E-state index in [1.807, 2.05) is 25.1 Å². The zero-order valence-corrected chi connectivity index (χ0v) is 12.5. The Balaban J connectivity index is 1.99.